The zero-order valence-electron chi connectivity index (χ0n) is 11.1. The van der Waals surface area contributed by atoms with Crippen molar-refractivity contribution in [3.8, 4) is 6.07 Å². The molecule has 1 aromatic rings. The zero-order chi connectivity index (χ0) is 14.4. The van der Waals surface area contributed by atoms with E-state index in [-0.39, 0.29) is 11.7 Å². The van der Waals surface area contributed by atoms with Crippen molar-refractivity contribution in [1.82, 2.24) is 0 Å². The van der Waals surface area contributed by atoms with Crippen LogP contribution in [0.2, 0.25) is 0 Å². The van der Waals surface area contributed by atoms with E-state index in [1.54, 1.807) is 0 Å². The summed E-state index contributed by atoms with van der Waals surface area (Å²) in [5, 5.41) is 22.9. The number of nitrogens with one attached hydrogen (secondary N) is 1. The van der Waals surface area contributed by atoms with E-state index in [0.29, 0.717) is 23.7 Å². The number of nitrogens with zero attached hydrogens (tertiary/aromatic N) is 2. The molecule has 0 saturated carbocycles. The second-order valence-corrected chi connectivity index (χ2v) is 4.81. The van der Waals surface area contributed by atoms with Crippen LogP contribution in [-0.2, 0) is 0 Å². The average Bonchev–Trinajstić information content (AvgIpc) is 2.36. The summed E-state index contributed by atoms with van der Waals surface area (Å²) < 4.78 is 0. The van der Waals surface area contributed by atoms with Gasteiger partial charge in [0.2, 0.25) is 0 Å². The molecule has 0 heterocycles. The molecule has 0 saturated heterocycles. The fourth-order valence-corrected chi connectivity index (χ4v) is 1.88. The van der Waals surface area contributed by atoms with Crippen LogP contribution in [0.15, 0.2) is 18.2 Å². The molecular weight excluding hydrogens is 244 g/mol. The van der Waals surface area contributed by atoms with Crippen LogP contribution >= 0.6 is 0 Å². The number of benzene rings is 1. The first-order valence-corrected chi connectivity index (χ1v) is 6.13. The molecule has 0 aromatic heterocycles. The zero-order valence-corrected chi connectivity index (χ0v) is 11.1. The van der Waals surface area contributed by atoms with Gasteiger partial charge in [0.25, 0.3) is 5.69 Å². The molecular formula is C13H18N4O2. The molecule has 0 aliphatic rings. The summed E-state index contributed by atoms with van der Waals surface area (Å²) in [6.45, 7) is 4.50. The van der Waals surface area contributed by atoms with Gasteiger partial charge in [-0.05, 0) is 24.5 Å². The van der Waals surface area contributed by atoms with Crippen molar-refractivity contribution in [2.24, 2.45) is 11.7 Å². The van der Waals surface area contributed by atoms with Crippen LogP contribution in [0.5, 0.6) is 0 Å². The summed E-state index contributed by atoms with van der Waals surface area (Å²) in [7, 11) is 0. The summed E-state index contributed by atoms with van der Waals surface area (Å²) >= 11 is 0. The van der Waals surface area contributed by atoms with Crippen LogP contribution in [-0.4, -0.2) is 17.5 Å². The molecule has 0 aliphatic carbocycles. The minimum absolute atomic E-state index is 0.0405. The summed E-state index contributed by atoms with van der Waals surface area (Å²) in [6, 6.07) is 6.18. The van der Waals surface area contributed by atoms with E-state index in [4.69, 9.17) is 11.0 Å². The second kappa shape index (κ2) is 6.71. The Bertz CT molecular complexity index is 494. The van der Waals surface area contributed by atoms with Crippen molar-refractivity contribution >= 4 is 11.4 Å². The van der Waals surface area contributed by atoms with Crippen molar-refractivity contribution in [2.75, 3.05) is 11.9 Å². The summed E-state index contributed by atoms with van der Waals surface area (Å²) in [5.41, 5.74) is 6.36. The first-order chi connectivity index (χ1) is 8.97. The molecule has 0 bridgehead atoms. The van der Waals surface area contributed by atoms with E-state index in [1.807, 2.05) is 6.07 Å². The molecule has 1 rings (SSSR count). The fourth-order valence-electron chi connectivity index (χ4n) is 1.88. The molecule has 0 spiro atoms. The highest BCUT2D eigenvalue weighted by Gasteiger charge is 2.17. The topological polar surface area (TPSA) is 105 Å². The Labute approximate surface area is 112 Å². The Kier molecular flexibility index (Phi) is 5.27. The first kappa shape index (κ1) is 14.9. The highest BCUT2D eigenvalue weighted by molar-refractivity contribution is 5.64. The molecule has 19 heavy (non-hydrogen) atoms. The van der Waals surface area contributed by atoms with Crippen molar-refractivity contribution in [3.63, 3.8) is 0 Å². The van der Waals surface area contributed by atoms with E-state index in [9.17, 15) is 10.1 Å². The van der Waals surface area contributed by atoms with Gasteiger partial charge < -0.3 is 11.1 Å². The van der Waals surface area contributed by atoms with Gasteiger partial charge in [0.15, 0.2) is 0 Å². The Morgan fingerprint density at radius 1 is 1.53 bits per heavy atom. The molecule has 3 N–H and O–H groups in total. The lowest BCUT2D eigenvalue weighted by Gasteiger charge is -2.20. The molecule has 0 amide bonds. The second-order valence-electron chi connectivity index (χ2n) is 4.81. The highest BCUT2D eigenvalue weighted by Crippen LogP contribution is 2.26. The largest absolute Gasteiger partial charge is 0.375 e. The third-order valence-electron chi connectivity index (χ3n) is 2.72. The molecule has 0 fully saturated rings. The number of hydrogen-bond acceptors (Lipinski definition) is 5. The van der Waals surface area contributed by atoms with Crippen LogP contribution in [0.1, 0.15) is 25.8 Å². The minimum Gasteiger partial charge on any atom is -0.375 e. The Morgan fingerprint density at radius 2 is 2.21 bits per heavy atom. The Hall–Kier alpha value is -2.13. The van der Waals surface area contributed by atoms with Gasteiger partial charge >= 0.3 is 0 Å². The molecule has 6 heteroatoms. The maximum absolute atomic E-state index is 11.0. The van der Waals surface area contributed by atoms with E-state index < -0.39 is 4.92 Å². The van der Waals surface area contributed by atoms with Gasteiger partial charge in [0.05, 0.1) is 16.6 Å². The molecule has 1 atom stereocenters. The van der Waals surface area contributed by atoms with E-state index >= 15 is 0 Å². The molecule has 0 aliphatic heterocycles. The summed E-state index contributed by atoms with van der Waals surface area (Å²) in [5.74, 6) is 0.430. The molecule has 1 aromatic carbocycles. The van der Waals surface area contributed by atoms with Crippen LogP contribution in [0, 0.1) is 27.4 Å². The third-order valence-corrected chi connectivity index (χ3v) is 2.72. The summed E-state index contributed by atoms with van der Waals surface area (Å²) in [6.07, 6.45) is 0.810. The van der Waals surface area contributed by atoms with Gasteiger partial charge in [-0.3, -0.25) is 10.1 Å². The predicted octanol–water partition coefficient (Wildman–Crippen LogP) is 2.25. The minimum atomic E-state index is -0.466. The summed E-state index contributed by atoms with van der Waals surface area (Å²) in [4.78, 5) is 10.5. The van der Waals surface area contributed by atoms with Crippen LogP contribution in [0.3, 0.4) is 0 Å². The van der Waals surface area contributed by atoms with Gasteiger partial charge in [0.1, 0.15) is 5.69 Å². The Morgan fingerprint density at radius 3 is 2.68 bits per heavy atom. The standard InChI is InChI=1S/C13H18N4O2/c1-9(2)5-11(8-15)16-12-6-10(7-14)3-4-13(12)17(18)19/h3-4,6,9,11,16H,5,8,15H2,1-2H3. The van der Waals surface area contributed by atoms with Crippen molar-refractivity contribution < 1.29 is 4.92 Å². The van der Waals surface area contributed by atoms with Crippen LogP contribution in [0.25, 0.3) is 0 Å². The van der Waals surface area contributed by atoms with Gasteiger partial charge in [-0.1, -0.05) is 13.8 Å². The average molecular weight is 262 g/mol. The third kappa shape index (κ3) is 4.23. The van der Waals surface area contributed by atoms with Gasteiger partial charge in [0, 0.05) is 18.7 Å². The van der Waals surface area contributed by atoms with Crippen molar-refractivity contribution in [1.29, 1.82) is 5.26 Å². The predicted molar refractivity (Wildman–Crippen MR) is 73.7 cm³/mol. The van der Waals surface area contributed by atoms with E-state index in [2.05, 4.69) is 19.2 Å². The number of nitriles is 1. The maximum Gasteiger partial charge on any atom is 0.292 e. The number of nitro groups is 1. The van der Waals surface area contributed by atoms with Crippen LogP contribution < -0.4 is 11.1 Å². The number of nitro benzene ring substituents is 1. The monoisotopic (exact) mass is 262 g/mol. The normalized spacial score (nSPS) is 11.9. The number of nitrogens with two attached hydrogens (primary N) is 1. The van der Waals surface area contributed by atoms with Gasteiger partial charge in [-0.15, -0.1) is 0 Å². The quantitative estimate of drug-likeness (QED) is 0.604. The number of anilines is 1. The fraction of sp³-hybridized carbons (Fsp3) is 0.462. The van der Waals surface area contributed by atoms with Crippen LogP contribution in [0.4, 0.5) is 11.4 Å². The lowest BCUT2D eigenvalue weighted by molar-refractivity contribution is -0.384. The maximum atomic E-state index is 11.0. The number of rotatable bonds is 6. The molecule has 6 nitrogen and oxygen atoms in total. The lowest BCUT2D eigenvalue weighted by atomic mass is 10.0. The molecule has 0 radical (unpaired) electrons. The van der Waals surface area contributed by atoms with Gasteiger partial charge in [-0.25, -0.2) is 0 Å². The number of hydrogen-bond donors (Lipinski definition) is 2. The SMILES string of the molecule is CC(C)CC(CN)Nc1cc(C#N)ccc1[N+](=O)[O-]. The van der Waals surface area contributed by atoms with Gasteiger partial charge in [-0.2, -0.15) is 5.26 Å². The smallest absolute Gasteiger partial charge is 0.292 e. The Balaban J connectivity index is 3.02. The first-order valence-electron chi connectivity index (χ1n) is 6.13. The van der Waals surface area contributed by atoms with E-state index in [0.717, 1.165) is 6.42 Å². The highest BCUT2D eigenvalue weighted by atomic mass is 16.6. The molecule has 1 unspecified atom stereocenters. The van der Waals surface area contributed by atoms with Crippen molar-refractivity contribution in [2.45, 2.75) is 26.3 Å². The lowest BCUT2D eigenvalue weighted by Crippen LogP contribution is -2.30. The van der Waals surface area contributed by atoms with E-state index in [1.165, 1.54) is 18.2 Å². The van der Waals surface area contributed by atoms with Crippen molar-refractivity contribution in [3.05, 3.63) is 33.9 Å². The molecule has 102 valence electrons.